The van der Waals surface area contributed by atoms with Crippen molar-refractivity contribution in [3.8, 4) is 0 Å². The van der Waals surface area contributed by atoms with Gasteiger partial charge in [-0.3, -0.25) is 4.90 Å². The van der Waals surface area contributed by atoms with E-state index in [9.17, 15) is 5.11 Å². The summed E-state index contributed by atoms with van der Waals surface area (Å²) in [7, 11) is 0. The van der Waals surface area contributed by atoms with Gasteiger partial charge in [0.25, 0.3) is 0 Å². The maximum atomic E-state index is 9.61. The van der Waals surface area contributed by atoms with Gasteiger partial charge in [-0.15, -0.1) is 0 Å². The molecule has 0 amide bonds. The second-order valence-corrected chi connectivity index (χ2v) is 5.10. The van der Waals surface area contributed by atoms with E-state index in [1.807, 2.05) is 13.8 Å². The fraction of sp³-hybridized carbons (Fsp3) is 0.900. The zero-order valence-electron chi connectivity index (χ0n) is 9.40. The average molecular weight is 232 g/mol. The van der Waals surface area contributed by atoms with Crippen LogP contribution in [0.3, 0.4) is 0 Å². The molecule has 3 N–H and O–H groups in total. The van der Waals surface area contributed by atoms with Crippen LogP contribution in [0.15, 0.2) is 0 Å². The molecule has 0 aromatic carbocycles. The summed E-state index contributed by atoms with van der Waals surface area (Å²) >= 11 is 4.90. The first kappa shape index (κ1) is 12.8. The molecule has 5 heteroatoms. The molecule has 1 saturated heterocycles. The van der Waals surface area contributed by atoms with E-state index in [1.165, 1.54) is 0 Å². The molecule has 15 heavy (non-hydrogen) atoms. The smallest absolute Gasteiger partial charge is 0.120 e. The Morgan fingerprint density at radius 2 is 2.33 bits per heavy atom. The zero-order chi connectivity index (χ0) is 11.5. The van der Waals surface area contributed by atoms with Crippen LogP contribution in [0.2, 0.25) is 0 Å². The number of hydrogen-bond donors (Lipinski definition) is 2. The second-order valence-electron chi connectivity index (χ2n) is 4.62. The molecule has 4 nitrogen and oxygen atoms in total. The van der Waals surface area contributed by atoms with Crippen molar-refractivity contribution in [1.29, 1.82) is 0 Å². The van der Waals surface area contributed by atoms with Gasteiger partial charge in [0.2, 0.25) is 0 Å². The Morgan fingerprint density at radius 1 is 1.67 bits per heavy atom. The average Bonchev–Trinajstić information content (AvgIpc) is 2.14. The minimum atomic E-state index is -0.614. The monoisotopic (exact) mass is 232 g/mol. The Hall–Kier alpha value is -0.230. The first-order valence-electron chi connectivity index (χ1n) is 5.24. The summed E-state index contributed by atoms with van der Waals surface area (Å²) in [6.45, 7) is 6.78. The number of thiocarbonyl (C=S) groups is 1. The van der Waals surface area contributed by atoms with Gasteiger partial charge in [-0.05, 0) is 20.3 Å². The third-order valence-corrected chi connectivity index (χ3v) is 2.77. The molecule has 1 aliphatic heterocycles. The predicted molar refractivity (Wildman–Crippen MR) is 63.9 cm³/mol. The molecular weight excluding hydrogens is 212 g/mol. The number of ether oxygens (including phenoxy) is 1. The molecule has 0 bridgehead atoms. The Labute approximate surface area is 96.4 Å². The number of aliphatic hydroxyl groups is 1. The van der Waals surface area contributed by atoms with Crippen molar-refractivity contribution in [3.05, 3.63) is 0 Å². The zero-order valence-corrected chi connectivity index (χ0v) is 10.2. The molecule has 88 valence electrons. The van der Waals surface area contributed by atoms with E-state index < -0.39 is 5.60 Å². The predicted octanol–water partition coefficient (Wildman–Crippen LogP) is 0.134. The quantitative estimate of drug-likeness (QED) is 0.675. The van der Waals surface area contributed by atoms with E-state index in [-0.39, 0.29) is 6.10 Å². The van der Waals surface area contributed by atoms with Gasteiger partial charge in [-0.1, -0.05) is 12.2 Å². The number of hydrogen-bond acceptors (Lipinski definition) is 4. The maximum absolute atomic E-state index is 9.61. The lowest BCUT2D eigenvalue weighted by Gasteiger charge is -2.33. The molecule has 0 aromatic rings. The van der Waals surface area contributed by atoms with E-state index in [1.54, 1.807) is 0 Å². The molecule has 0 aromatic heterocycles. The van der Waals surface area contributed by atoms with E-state index in [0.717, 1.165) is 26.1 Å². The highest BCUT2D eigenvalue weighted by molar-refractivity contribution is 7.80. The summed E-state index contributed by atoms with van der Waals surface area (Å²) in [5.74, 6) is 0. The van der Waals surface area contributed by atoms with Crippen molar-refractivity contribution in [2.45, 2.75) is 32.0 Å². The molecule has 1 aliphatic rings. The highest BCUT2D eigenvalue weighted by Gasteiger charge is 2.23. The molecule has 1 rings (SSSR count). The van der Waals surface area contributed by atoms with Gasteiger partial charge in [-0.25, -0.2) is 0 Å². The Bertz CT molecular complexity index is 228. The molecule has 1 unspecified atom stereocenters. The normalized spacial score (nSPS) is 24.1. The first-order valence-corrected chi connectivity index (χ1v) is 5.65. The largest absolute Gasteiger partial charge is 0.391 e. The highest BCUT2D eigenvalue weighted by atomic mass is 32.1. The minimum Gasteiger partial charge on any atom is -0.391 e. The number of nitrogens with zero attached hydrogens (tertiary/aromatic N) is 1. The SMILES string of the molecule is CC(C)(O)CCN1CCOC(C(N)=S)C1. The standard InChI is InChI=1S/C10H20N2O2S/c1-10(2,13)3-4-12-5-6-14-8(7-12)9(11)15/h8,13H,3-7H2,1-2H3,(H2,11,15). The van der Waals surface area contributed by atoms with Crippen molar-refractivity contribution in [2.24, 2.45) is 5.73 Å². The van der Waals surface area contributed by atoms with E-state index >= 15 is 0 Å². The Balaban J connectivity index is 2.34. The molecule has 0 saturated carbocycles. The molecular formula is C10H20N2O2S. The fourth-order valence-electron chi connectivity index (χ4n) is 1.51. The maximum Gasteiger partial charge on any atom is 0.120 e. The molecule has 0 aliphatic carbocycles. The van der Waals surface area contributed by atoms with Crippen LogP contribution in [0, 0.1) is 0 Å². The van der Waals surface area contributed by atoms with Gasteiger partial charge in [0, 0.05) is 19.6 Å². The van der Waals surface area contributed by atoms with E-state index in [0.29, 0.717) is 11.6 Å². The molecule has 0 spiro atoms. The van der Waals surface area contributed by atoms with Gasteiger partial charge in [-0.2, -0.15) is 0 Å². The second kappa shape index (κ2) is 5.21. The van der Waals surface area contributed by atoms with E-state index in [4.69, 9.17) is 22.7 Å². The van der Waals surface area contributed by atoms with Gasteiger partial charge >= 0.3 is 0 Å². The van der Waals surface area contributed by atoms with Crippen molar-refractivity contribution < 1.29 is 9.84 Å². The van der Waals surface area contributed by atoms with Gasteiger partial charge in [0.1, 0.15) is 11.1 Å². The van der Waals surface area contributed by atoms with Gasteiger partial charge in [0.15, 0.2) is 0 Å². The number of rotatable bonds is 4. The molecule has 1 atom stereocenters. The van der Waals surface area contributed by atoms with Crippen molar-refractivity contribution in [1.82, 2.24) is 4.90 Å². The van der Waals surface area contributed by atoms with Crippen LogP contribution in [0.4, 0.5) is 0 Å². The van der Waals surface area contributed by atoms with Crippen LogP contribution in [-0.4, -0.2) is 52.9 Å². The first-order chi connectivity index (χ1) is 6.88. The lowest BCUT2D eigenvalue weighted by Crippen LogP contribution is -2.48. The fourth-order valence-corrected chi connectivity index (χ4v) is 1.65. The van der Waals surface area contributed by atoms with Gasteiger partial charge in [0.05, 0.1) is 12.2 Å². The summed E-state index contributed by atoms with van der Waals surface area (Å²) in [5.41, 5.74) is 4.93. The summed E-state index contributed by atoms with van der Waals surface area (Å²) in [4.78, 5) is 2.65. The third-order valence-electron chi connectivity index (χ3n) is 2.51. The molecule has 0 radical (unpaired) electrons. The van der Waals surface area contributed by atoms with Crippen molar-refractivity contribution in [3.63, 3.8) is 0 Å². The van der Waals surface area contributed by atoms with Crippen LogP contribution >= 0.6 is 12.2 Å². The van der Waals surface area contributed by atoms with Gasteiger partial charge < -0.3 is 15.6 Å². The third kappa shape index (κ3) is 4.88. The Morgan fingerprint density at radius 3 is 2.87 bits per heavy atom. The van der Waals surface area contributed by atoms with Crippen molar-refractivity contribution in [2.75, 3.05) is 26.2 Å². The van der Waals surface area contributed by atoms with Crippen LogP contribution in [-0.2, 0) is 4.74 Å². The van der Waals surface area contributed by atoms with Crippen LogP contribution in [0.25, 0.3) is 0 Å². The summed E-state index contributed by atoms with van der Waals surface area (Å²) in [5, 5.41) is 9.61. The molecule has 1 fully saturated rings. The van der Waals surface area contributed by atoms with Crippen molar-refractivity contribution >= 4 is 17.2 Å². The number of morpholine rings is 1. The summed E-state index contributed by atoms with van der Waals surface area (Å²) in [6.07, 6.45) is 0.618. The van der Waals surface area contributed by atoms with Crippen LogP contribution in [0.5, 0.6) is 0 Å². The Kier molecular flexibility index (Phi) is 4.45. The lowest BCUT2D eigenvalue weighted by atomic mass is 10.1. The van der Waals surface area contributed by atoms with Crippen LogP contribution < -0.4 is 5.73 Å². The summed E-state index contributed by atoms with van der Waals surface area (Å²) < 4.78 is 5.43. The lowest BCUT2D eigenvalue weighted by molar-refractivity contribution is -0.00697. The highest BCUT2D eigenvalue weighted by Crippen LogP contribution is 2.11. The number of nitrogens with two attached hydrogens (primary N) is 1. The topological polar surface area (TPSA) is 58.7 Å². The van der Waals surface area contributed by atoms with Crippen LogP contribution in [0.1, 0.15) is 20.3 Å². The van der Waals surface area contributed by atoms with E-state index in [2.05, 4.69) is 4.90 Å². The minimum absolute atomic E-state index is 0.129. The summed E-state index contributed by atoms with van der Waals surface area (Å²) in [6, 6.07) is 0. The molecule has 1 heterocycles.